The van der Waals surface area contributed by atoms with Gasteiger partial charge in [0.25, 0.3) is 0 Å². The molecule has 1 N–H and O–H groups in total. The van der Waals surface area contributed by atoms with Crippen molar-refractivity contribution < 1.29 is 9.53 Å². The van der Waals surface area contributed by atoms with E-state index in [0.29, 0.717) is 0 Å². The van der Waals surface area contributed by atoms with Gasteiger partial charge < -0.3 is 19.9 Å². The monoisotopic (exact) mass is 427 g/mol. The number of piperidine rings is 1. The average Bonchev–Trinajstić information content (AvgIpc) is 2.81. The van der Waals surface area contributed by atoms with Gasteiger partial charge in [-0.25, -0.2) is 0 Å². The van der Waals surface area contributed by atoms with Crippen molar-refractivity contribution in [3.63, 3.8) is 0 Å². The SMILES string of the molecule is COc1ccc(/C=C/C(=O)NCCCN2CCC(N(C)[C@H]3CCCC[C@@H]3C)CC2)cc1. The highest BCUT2D eigenvalue weighted by Gasteiger charge is 2.31. The third-order valence-electron chi connectivity index (χ3n) is 7.22. The van der Waals surface area contributed by atoms with E-state index in [1.807, 2.05) is 30.3 Å². The average molecular weight is 428 g/mol. The first-order valence-corrected chi connectivity index (χ1v) is 12.1. The second-order valence-corrected chi connectivity index (χ2v) is 9.32. The Morgan fingerprint density at radius 3 is 2.55 bits per heavy atom. The van der Waals surface area contributed by atoms with E-state index in [-0.39, 0.29) is 5.91 Å². The molecule has 5 nitrogen and oxygen atoms in total. The van der Waals surface area contributed by atoms with Crippen molar-refractivity contribution in [1.82, 2.24) is 15.1 Å². The van der Waals surface area contributed by atoms with Crippen LogP contribution in [0.2, 0.25) is 0 Å². The first-order chi connectivity index (χ1) is 15.1. The van der Waals surface area contributed by atoms with Crippen molar-refractivity contribution in [1.29, 1.82) is 0 Å². The molecule has 0 spiro atoms. The number of hydrogen-bond acceptors (Lipinski definition) is 4. The van der Waals surface area contributed by atoms with Crippen LogP contribution in [0.25, 0.3) is 6.08 Å². The van der Waals surface area contributed by atoms with Crippen LogP contribution in [0.5, 0.6) is 5.75 Å². The van der Waals surface area contributed by atoms with Crippen LogP contribution in [-0.2, 0) is 4.79 Å². The lowest BCUT2D eigenvalue weighted by molar-refractivity contribution is -0.116. The second kappa shape index (κ2) is 12.3. The van der Waals surface area contributed by atoms with Crippen molar-refractivity contribution >= 4 is 12.0 Å². The van der Waals surface area contributed by atoms with Crippen molar-refractivity contribution in [2.75, 3.05) is 40.3 Å². The molecule has 0 unspecified atom stereocenters. The summed E-state index contributed by atoms with van der Waals surface area (Å²) in [6.45, 7) is 6.60. The fourth-order valence-corrected chi connectivity index (χ4v) is 5.18. The van der Waals surface area contributed by atoms with Crippen LogP contribution < -0.4 is 10.1 Å². The molecule has 1 aliphatic carbocycles. The number of benzene rings is 1. The molecule has 1 aromatic rings. The Balaban J connectivity index is 1.29. The van der Waals surface area contributed by atoms with Gasteiger partial charge in [0, 0.05) is 24.7 Å². The van der Waals surface area contributed by atoms with Crippen molar-refractivity contribution in [3.05, 3.63) is 35.9 Å². The van der Waals surface area contributed by atoms with Gasteiger partial charge in [-0.15, -0.1) is 0 Å². The van der Waals surface area contributed by atoms with Gasteiger partial charge in [0.2, 0.25) is 5.91 Å². The minimum Gasteiger partial charge on any atom is -0.497 e. The first kappa shape index (κ1) is 23.8. The fraction of sp³-hybridized carbons (Fsp3) is 0.654. The van der Waals surface area contributed by atoms with Gasteiger partial charge >= 0.3 is 0 Å². The Morgan fingerprint density at radius 2 is 1.87 bits per heavy atom. The Labute approximate surface area is 188 Å². The van der Waals surface area contributed by atoms with Crippen LogP contribution in [0, 0.1) is 5.92 Å². The van der Waals surface area contributed by atoms with Gasteiger partial charge in [-0.05, 0) is 88.5 Å². The molecule has 1 heterocycles. The lowest BCUT2D eigenvalue weighted by Gasteiger charge is -2.44. The normalized spacial score (nSPS) is 23.4. The van der Waals surface area contributed by atoms with E-state index in [2.05, 4.69) is 29.1 Å². The topological polar surface area (TPSA) is 44.8 Å². The van der Waals surface area contributed by atoms with Crippen LogP contribution in [0.3, 0.4) is 0 Å². The van der Waals surface area contributed by atoms with E-state index >= 15 is 0 Å². The van der Waals surface area contributed by atoms with Gasteiger partial charge in [-0.2, -0.15) is 0 Å². The van der Waals surface area contributed by atoms with Crippen LogP contribution in [0.15, 0.2) is 30.3 Å². The number of carbonyl (C=O) groups is 1. The molecule has 0 radical (unpaired) electrons. The summed E-state index contributed by atoms with van der Waals surface area (Å²) in [6.07, 6.45) is 12.6. The number of methoxy groups -OCH3 is 1. The largest absolute Gasteiger partial charge is 0.497 e. The predicted molar refractivity (Wildman–Crippen MR) is 128 cm³/mol. The first-order valence-electron chi connectivity index (χ1n) is 12.1. The fourth-order valence-electron chi connectivity index (χ4n) is 5.18. The standard InChI is InChI=1S/C26H41N3O2/c1-21-7-4-5-8-25(21)28(2)23-15-19-29(20-16-23)18-6-17-27-26(30)14-11-22-9-12-24(31-3)13-10-22/h9-14,21,23,25H,4-8,15-20H2,1-3H3,(H,27,30)/b14-11+/t21-,25-/m0/s1. The van der Waals surface area contributed by atoms with E-state index in [1.54, 1.807) is 13.2 Å². The summed E-state index contributed by atoms with van der Waals surface area (Å²) in [5.74, 6) is 1.64. The van der Waals surface area contributed by atoms with Gasteiger partial charge in [-0.1, -0.05) is 31.9 Å². The molecule has 31 heavy (non-hydrogen) atoms. The minimum absolute atomic E-state index is 0.0299. The summed E-state index contributed by atoms with van der Waals surface area (Å²) in [4.78, 5) is 17.3. The number of nitrogens with one attached hydrogen (secondary N) is 1. The maximum absolute atomic E-state index is 12.0. The summed E-state index contributed by atoms with van der Waals surface area (Å²) in [7, 11) is 4.01. The molecule has 5 heteroatoms. The highest BCUT2D eigenvalue weighted by Crippen LogP contribution is 2.30. The van der Waals surface area contributed by atoms with Crippen LogP contribution >= 0.6 is 0 Å². The molecule has 1 saturated carbocycles. The lowest BCUT2D eigenvalue weighted by atomic mass is 9.84. The third kappa shape index (κ3) is 7.36. The van der Waals surface area contributed by atoms with Crippen molar-refractivity contribution in [2.24, 2.45) is 5.92 Å². The smallest absolute Gasteiger partial charge is 0.243 e. The molecule has 0 aromatic heterocycles. The summed E-state index contributed by atoms with van der Waals surface area (Å²) < 4.78 is 5.15. The number of rotatable bonds is 9. The van der Waals surface area contributed by atoms with E-state index in [4.69, 9.17) is 4.74 Å². The van der Waals surface area contributed by atoms with Crippen LogP contribution in [0.1, 0.15) is 57.4 Å². The molecule has 172 valence electrons. The zero-order chi connectivity index (χ0) is 22.1. The number of carbonyl (C=O) groups excluding carboxylic acids is 1. The maximum atomic E-state index is 12.0. The van der Waals surface area contributed by atoms with Crippen LogP contribution in [-0.4, -0.2) is 68.1 Å². The molecule has 3 rings (SSSR count). The van der Waals surface area contributed by atoms with Crippen LogP contribution in [0.4, 0.5) is 0 Å². The van der Waals surface area contributed by atoms with Crippen molar-refractivity contribution in [3.8, 4) is 5.75 Å². The number of amides is 1. The Kier molecular flexibility index (Phi) is 9.41. The third-order valence-corrected chi connectivity index (χ3v) is 7.22. The van der Waals surface area contributed by atoms with Gasteiger partial charge in [0.15, 0.2) is 0 Å². The zero-order valence-electron chi connectivity index (χ0n) is 19.7. The Morgan fingerprint density at radius 1 is 1.16 bits per heavy atom. The van der Waals surface area contributed by atoms with E-state index < -0.39 is 0 Å². The number of hydrogen-bond donors (Lipinski definition) is 1. The quantitative estimate of drug-likeness (QED) is 0.474. The predicted octanol–water partition coefficient (Wildman–Crippen LogP) is 4.19. The van der Waals surface area contributed by atoms with Gasteiger partial charge in [-0.3, -0.25) is 4.79 Å². The molecular formula is C26H41N3O2. The van der Waals surface area contributed by atoms with E-state index in [1.165, 1.54) is 51.6 Å². The highest BCUT2D eigenvalue weighted by molar-refractivity contribution is 5.91. The Bertz CT molecular complexity index is 695. The summed E-state index contributed by atoms with van der Waals surface area (Å²) in [5, 5.41) is 3.00. The number of nitrogens with zero attached hydrogens (tertiary/aromatic N) is 2. The van der Waals surface area contributed by atoms with E-state index in [9.17, 15) is 4.79 Å². The van der Waals surface area contributed by atoms with Gasteiger partial charge in [0.05, 0.1) is 7.11 Å². The molecule has 1 aliphatic heterocycles. The summed E-state index contributed by atoms with van der Waals surface area (Å²) in [5.41, 5.74) is 0.992. The highest BCUT2D eigenvalue weighted by atomic mass is 16.5. The molecule has 1 saturated heterocycles. The molecule has 2 aliphatic rings. The maximum Gasteiger partial charge on any atom is 0.243 e. The zero-order valence-corrected chi connectivity index (χ0v) is 19.7. The summed E-state index contributed by atoms with van der Waals surface area (Å²) >= 11 is 0. The van der Waals surface area contributed by atoms with E-state index in [0.717, 1.165) is 48.8 Å². The molecule has 0 bridgehead atoms. The molecule has 2 atom stereocenters. The molecule has 1 aromatic carbocycles. The molecular weight excluding hydrogens is 386 g/mol. The number of likely N-dealkylation sites (tertiary alicyclic amines) is 1. The number of ether oxygens (including phenoxy) is 1. The van der Waals surface area contributed by atoms with Crippen molar-refractivity contribution in [2.45, 2.75) is 64.0 Å². The van der Waals surface area contributed by atoms with Gasteiger partial charge in [0.1, 0.15) is 5.75 Å². The molecule has 2 fully saturated rings. The minimum atomic E-state index is -0.0299. The molecule has 1 amide bonds. The Hall–Kier alpha value is -1.85. The second-order valence-electron chi connectivity index (χ2n) is 9.32. The summed E-state index contributed by atoms with van der Waals surface area (Å²) in [6, 6.07) is 9.20. The lowest BCUT2D eigenvalue weighted by Crippen LogP contribution is -2.50.